The predicted octanol–water partition coefficient (Wildman–Crippen LogP) is 4.09. The molecule has 0 fully saturated rings. The Morgan fingerprint density at radius 3 is 2.85 bits per heavy atom. The molecule has 0 unspecified atom stereocenters. The van der Waals surface area contributed by atoms with E-state index >= 15 is 0 Å². The quantitative estimate of drug-likeness (QED) is 0.553. The van der Waals surface area contributed by atoms with Crippen LogP contribution in [0.5, 0.6) is 0 Å². The number of aromatic nitrogens is 1. The van der Waals surface area contributed by atoms with Gasteiger partial charge in [0.05, 0.1) is 11.3 Å². The lowest BCUT2D eigenvalue weighted by Gasteiger charge is -2.04. The van der Waals surface area contributed by atoms with Crippen LogP contribution in [0.25, 0.3) is 22.2 Å². The summed E-state index contributed by atoms with van der Waals surface area (Å²) in [6.45, 7) is 0. The lowest BCUT2D eigenvalue weighted by molar-refractivity contribution is 0.0696. The van der Waals surface area contributed by atoms with Gasteiger partial charge >= 0.3 is 5.97 Å². The van der Waals surface area contributed by atoms with Crippen LogP contribution in [0.1, 0.15) is 21.5 Å². The van der Waals surface area contributed by atoms with Gasteiger partial charge in [0, 0.05) is 27.9 Å². The Labute approximate surface area is 119 Å². The van der Waals surface area contributed by atoms with Crippen molar-refractivity contribution in [2.24, 2.45) is 0 Å². The summed E-state index contributed by atoms with van der Waals surface area (Å²) in [5, 5.41) is 11.0. The molecule has 2 N–H and O–H groups in total. The highest BCUT2D eigenvalue weighted by atomic mass is 35.5. The first kappa shape index (κ1) is 11.6. The maximum Gasteiger partial charge on any atom is 0.335 e. The molecule has 1 aromatic heterocycles. The standard InChI is InChI=1S/C16H10ClNO2/c17-8-4-5-14-12(6-8)13-7-11-9(15(13)18-14)2-1-3-10(11)16(19)20/h1-6,18H,7H2,(H,19,20). The van der Waals surface area contributed by atoms with E-state index in [-0.39, 0.29) is 0 Å². The molecule has 20 heavy (non-hydrogen) atoms. The van der Waals surface area contributed by atoms with Crippen molar-refractivity contribution in [2.45, 2.75) is 6.42 Å². The Morgan fingerprint density at radius 2 is 2.05 bits per heavy atom. The molecule has 1 aliphatic rings. The van der Waals surface area contributed by atoms with Crippen molar-refractivity contribution in [3.05, 3.63) is 58.1 Å². The van der Waals surface area contributed by atoms with Crippen LogP contribution in [-0.4, -0.2) is 16.1 Å². The second-order valence-electron chi connectivity index (χ2n) is 4.98. The lowest BCUT2D eigenvalue weighted by atomic mass is 10.0. The van der Waals surface area contributed by atoms with Crippen molar-refractivity contribution in [3.63, 3.8) is 0 Å². The van der Waals surface area contributed by atoms with Gasteiger partial charge in [-0.15, -0.1) is 0 Å². The van der Waals surface area contributed by atoms with E-state index in [1.54, 1.807) is 12.1 Å². The molecule has 0 bridgehead atoms. The van der Waals surface area contributed by atoms with Crippen molar-refractivity contribution in [1.29, 1.82) is 0 Å². The average molecular weight is 284 g/mol. The highest BCUT2D eigenvalue weighted by Crippen LogP contribution is 2.42. The summed E-state index contributed by atoms with van der Waals surface area (Å²) in [6, 6.07) is 11.1. The Bertz CT molecular complexity index is 880. The molecular weight excluding hydrogens is 274 g/mol. The Kier molecular flexibility index (Phi) is 2.24. The third-order valence-corrected chi connectivity index (χ3v) is 4.13. The Hall–Kier alpha value is -2.26. The number of nitrogens with one attached hydrogen (secondary N) is 1. The van der Waals surface area contributed by atoms with Crippen LogP contribution in [0.2, 0.25) is 5.02 Å². The molecule has 0 spiro atoms. The summed E-state index contributed by atoms with van der Waals surface area (Å²) >= 11 is 6.06. The predicted molar refractivity (Wildman–Crippen MR) is 78.5 cm³/mol. The number of hydrogen-bond donors (Lipinski definition) is 2. The van der Waals surface area contributed by atoms with Crippen LogP contribution in [0.4, 0.5) is 0 Å². The molecule has 4 heteroatoms. The van der Waals surface area contributed by atoms with Gasteiger partial charge in [0.2, 0.25) is 0 Å². The number of hydrogen-bond acceptors (Lipinski definition) is 1. The number of carboxylic acids is 1. The molecule has 0 aliphatic heterocycles. The highest BCUT2D eigenvalue weighted by Gasteiger charge is 2.26. The van der Waals surface area contributed by atoms with Crippen molar-refractivity contribution in [1.82, 2.24) is 4.98 Å². The van der Waals surface area contributed by atoms with Crippen molar-refractivity contribution < 1.29 is 9.90 Å². The molecular formula is C16H10ClNO2. The highest BCUT2D eigenvalue weighted by molar-refractivity contribution is 6.31. The molecule has 0 atom stereocenters. The van der Waals surface area contributed by atoms with Crippen LogP contribution in [0, 0.1) is 0 Å². The minimum atomic E-state index is -0.880. The van der Waals surface area contributed by atoms with Crippen LogP contribution < -0.4 is 0 Å². The van der Waals surface area contributed by atoms with Gasteiger partial charge in [0.1, 0.15) is 0 Å². The first-order chi connectivity index (χ1) is 9.65. The monoisotopic (exact) mass is 283 g/mol. The summed E-state index contributed by atoms with van der Waals surface area (Å²) < 4.78 is 0. The average Bonchev–Trinajstić information content (AvgIpc) is 2.94. The molecule has 1 heterocycles. The third kappa shape index (κ3) is 1.44. The lowest BCUT2D eigenvalue weighted by Crippen LogP contribution is -2.01. The topological polar surface area (TPSA) is 53.1 Å². The SMILES string of the molecule is O=C(O)c1cccc2c1Cc1c-2[nH]c2ccc(Cl)cc12. The maximum atomic E-state index is 11.3. The number of aromatic carboxylic acids is 1. The third-order valence-electron chi connectivity index (χ3n) is 3.90. The first-order valence-corrected chi connectivity index (χ1v) is 6.68. The van der Waals surface area contributed by atoms with Gasteiger partial charge in [-0.25, -0.2) is 4.79 Å². The zero-order chi connectivity index (χ0) is 13.9. The van der Waals surface area contributed by atoms with Gasteiger partial charge in [-0.1, -0.05) is 23.7 Å². The van der Waals surface area contributed by atoms with Gasteiger partial charge in [-0.05, 0) is 35.4 Å². The van der Waals surface area contributed by atoms with Gasteiger partial charge in [-0.2, -0.15) is 0 Å². The number of fused-ring (bicyclic) bond motifs is 5. The van der Waals surface area contributed by atoms with Gasteiger partial charge in [0.25, 0.3) is 0 Å². The molecule has 4 rings (SSSR count). The molecule has 98 valence electrons. The first-order valence-electron chi connectivity index (χ1n) is 6.31. The van der Waals surface area contributed by atoms with E-state index < -0.39 is 5.97 Å². The Morgan fingerprint density at radius 1 is 1.20 bits per heavy atom. The number of carboxylic acid groups (broad SMARTS) is 1. The molecule has 0 saturated carbocycles. The van der Waals surface area contributed by atoms with Crippen molar-refractivity contribution >= 4 is 28.5 Å². The number of H-pyrrole nitrogens is 1. The largest absolute Gasteiger partial charge is 0.478 e. The van der Waals surface area contributed by atoms with Crippen LogP contribution in [0.15, 0.2) is 36.4 Å². The van der Waals surface area contributed by atoms with E-state index in [9.17, 15) is 9.90 Å². The second-order valence-corrected chi connectivity index (χ2v) is 5.42. The number of aromatic amines is 1. The molecule has 0 saturated heterocycles. The molecule has 2 aromatic carbocycles. The van der Waals surface area contributed by atoms with Gasteiger partial charge < -0.3 is 10.1 Å². The van der Waals surface area contributed by atoms with Crippen molar-refractivity contribution in [3.8, 4) is 11.3 Å². The zero-order valence-electron chi connectivity index (χ0n) is 10.4. The van der Waals surface area contributed by atoms with E-state index in [1.807, 2.05) is 24.3 Å². The fourth-order valence-corrected chi connectivity index (χ4v) is 3.19. The molecule has 0 amide bonds. The van der Waals surface area contributed by atoms with Crippen LogP contribution >= 0.6 is 11.6 Å². The molecule has 0 radical (unpaired) electrons. The summed E-state index contributed by atoms with van der Waals surface area (Å²) in [5.74, 6) is -0.880. The van der Waals surface area contributed by atoms with Gasteiger partial charge in [0.15, 0.2) is 0 Å². The van der Waals surface area contributed by atoms with E-state index in [2.05, 4.69) is 4.98 Å². The van der Waals surface area contributed by atoms with E-state index in [1.165, 1.54) is 0 Å². The van der Waals surface area contributed by atoms with Crippen LogP contribution in [-0.2, 0) is 6.42 Å². The van der Waals surface area contributed by atoms with Gasteiger partial charge in [-0.3, -0.25) is 0 Å². The molecule has 3 nitrogen and oxygen atoms in total. The fraction of sp³-hybridized carbons (Fsp3) is 0.0625. The smallest absolute Gasteiger partial charge is 0.335 e. The number of rotatable bonds is 1. The second kappa shape index (κ2) is 3.87. The number of carbonyl (C=O) groups is 1. The van der Waals surface area contributed by atoms with E-state index in [0.717, 1.165) is 33.3 Å². The summed E-state index contributed by atoms with van der Waals surface area (Å²) in [4.78, 5) is 14.7. The van der Waals surface area contributed by atoms with E-state index in [0.29, 0.717) is 17.0 Å². The zero-order valence-corrected chi connectivity index (χ0v) is 11.2. The minimum Gasteiger partial charge on any atom is -0.478 e. The minimum absolute atomic E-state index is 0.377. The summed E-state index contributed by atoms with van der Waals surface area (Å²) in [6.07, 6.45) is 0.632. The van der Waals surface area contributed by atoms with Crippen LogP contribution in [0.3, 0.4) is 0 Å². The number of benzene rings is 2. The maximum absolute atomic E-state index is 11.3. The summed E-state index contributed by atoms with van der Waals surface area (Å²) in [7, 11) is 0. The normalized spacial score (nSPS) is 12.4. The summed E-state index contributed by atoms with van der Waals surface area (Å²) in [5.41, 5.74) is 5.41. The fourth-order valence-electron chi connectivity index (χ4n) is 3.02. The molecule has 1 aliphatic carbocycles. The number of halogens is 1. The Balaban J connectivity index is 2.03. The molecule has 3 aromatic rings. The van der Waals surface area contributed by atoms with Crippen molar-refractivity contribution in [2.75, 3.05) is 0 Å². The van der Waals surface area contributed by atoms with E-state index in [4.69, 9.17) is 11.6 Å².